The van der Waals surface area contributed by atoms with Gasteiger partial charge in [-0.2, -0.15) is 0 Å². The molecule has 0 unspecified atom stereocenters. The molecular weight excluding hydrogens is 286 g/mol. The maximum Gasteiger partial charge on any atom is 0.219 e. The average Bonchev–Trinajstić information content (AvgIpc) is 2.59. The Balaban J connectivity index is 1.64. The van der Waals surface area contributed by atoms with Gasteiger partial charge in [-0.05, 0) is 48.7 Å². The van der Waals surface area contributed by atoms with Crippen molar-refractivity contribution in [3.63, 3.8) is 0 Å². The third-order valence-electron chi connectivity index (χ3n) is 3.73. The Kier molecular flexibility index (Phi) is 4.52. The Hall–Kier alpha value is -2.88. The van der Waals surface area contributed by atoms with E-state index in [0.717, 1.165) is 22.6 Å². The zero-order valence-corrected chi connectivity index (χ0v) is 13.3. The quantitative estimate of drug-likeness (QED) is 0.754. The highest BCUT2D eigenvalue weighted by atomic mass is 16.5. The van der Waals surface area contributed by atoms with Gasteiger partial charge in [0.2, 0.25) is 5.88 Å². The monoisotopic (exact) mass is 305 g/mol. The van der Waals surface area contributed by atoms with Crippen LogP contribution >= 0.6 is 0 Å². The lowest BCUT2D eigenvalue weighted by Gasteiger charge is -2.10. The first-order chi connectivity index (χ1) is 11.2. The van der Waals surface area contributed by atoms with Gasteiger partial charge in [0.05, 0.1) is 11.9 Å². The van der Waals surface area contributed by atoms with Crippen molar-refractivity contribution in [1.29, 1.82) is 0 Å². The Morgan fingerprint density at radius 1 is 1.00 bits per heavy atom. The Bertz CT molecular complexity index is 770. The number of anilines is 1. The van der Waals surface area contributed by atoms with Gasteiger partial charge in [-0.3, -0.25) is 4.98 Å². The van der Waals surface area contributed by atoms with Crippen LogP contribution in [-0.4, -0.2) is 9.97 Å². The van der Waals surface area contributed by atoms with Crippen LogP contribution in [0.4, 0.5) is 5.69 Å². The maximum absolute atomic E-state index is 5.86. The van der Waals surface area contributed by atoms with Crippen LogP contribution in [0.1, 0.15) is 16.7 Å². The first-order valence-corrected chi connectivity index (χ1v) is 7.55. The Labute approximate surface area is 136 Å². The smallest absolute Gasteiger partial charge is 0.219 e. The summed E-state index contributed by atoms with van der Waals surface area (Å²) in [5.74, 6) is 1.43. The van der Waals surface area contributed by atoms with Gasteiger partial charge in [0.1, 0.15) is 5.75 Å². The van der Waals surface area contributed by atoms with Gasteiger partial charge in [-0.15, -0.1) is 0 Å². The van der Waals surface area contributed by atoms with Crippen molar-refractivity contribution in [3.05, 3.63) is 77.7 Å². The second-order valence-corrected chi connectivity index (χ2v) is 5.40. The van der Waals surface area contributed by atoms with E-state index in [1.807, 2.05) is 42.6 Å². The Morgan fingerprint density at radius 2 is 1.91 bits per heavy atom. The molecule has 0 fully saturated rings. The minimum Gasteiger partial charge on any atom is -0.439 e. The zero-order valence-electron chi connectivity index (χ0n) is 13.3. The largest absolute Gasteiger partial charge is 0.439 e. The van der Waals surface area contributed by atoms with Crippen LogP contribution in [-0.2, 0) is 6.54 Å². The Morgan fingerprint density at radius 3 is 2.65 bits per heavy atom. The standard InChI is InChI=1S/C19H19N3O/c1-14-5-3-7-18(15(14)2)23-19-9-8-17(13-22-19)21-12-16-6-4-10-20-11-16/h3-11,13,21H,12H2,1-2H3. The summed E-state index contributed by atoms with van der Waals surface area (Å²) in [4.78, 5) is 8.45. The van der Waals surface area contributed by atoms with E-state index < -0.39 is 0 Å². The molecule has 0 radical (unpaired) electrons. The molecule has 2 aromatic heterocycles. The van der Waals surface area contributed by atoms with Gasteiger partial charge in [-0.25, -0.2) is 4.98 Å². The normalized spacial score (nSPS) is 10.3. The fourth-order valence-electron chi connectivity index (χ4n) is 2.20. The second kappa shape index (κ2) is 6.92. The van der Waals surface area contributed by atoms with Crippen LogP contribution < -0.4 is 10.1 Å². The molecule has 0 aliphatic carbocycles. The summed E-state index contributed by atoms with van der Waals surface area (Å²) < 4.78 is 5.86. The SMILES string of the molecule is Cc1cccc(Oc2ccc(NCc3cccnc3)cn2)c1C. The van der Waals surface area contributed by atoms with E-state index in [4.69, 9.17) is 4.74 Å². The summed E-state index contributed by atoms with van der Waals surface area (Å²) in [6, 6.07) is 13.8. The lowest BCUT2D eigenvalue weighted by molar-refractivity contribution is 0.459. The third kappa shape index (κ3) is 3.86. The van der Waals surface area contributed by atoms with Gasteiger partial charge in [0.15, 0.2) is 0 Å². The van der Waals surface area contributed by atoms with E-state index in [1.54, 1.807) is 12.4 Å². The van der Waals surface area contributed by atoms with E-state index in [2.05, 4.69) is 35.2 Å². The lowest BCUT2D eigenvalue weighted by Crippen LogP contribution is -2.00. The molecule has 0 bridgehead atoms. The summed E-state index contributed by atoms with van der Waals surface area (Å²) in [5.41, 5.74) is 4.41. The number of rotatable bonds is 5. The maximum atomic E-state index is 5.86. The molecule has 0 aliphatic heterocycles. The molecule has 3 aromatic rings. The fourth-order valence-corrected chi connectivity index (χ4v) is 2.20. The molecular formula is C19H19N3O. The van der Waals surface area contributed by atoms with E-state index in [1.165, 1.54) is 5.56 Å². The molecule has 1 N–H and O–H groups in total. The third-order valence-corrected chi connectivity index (χ3v) is 3.73. The second-order valence-electron chi connectivity index (χ2n) is 5.40. The molecule has 0 aliphatic rings. The summed E-state index contributed by atoms with van der Waals surface area (Å²) in [5, 5.41) is 3.31. The minimum atomic E-state index is 0.589. The molecule has 1 aromatic carbocycles. The summed E-state index contributed by atoms with van der Waals surface area (Å²) in [7, 11) is 0. The molecule has 116 valence electrons. The first-order valence-electron chi connectivity index (χ1n) is 7.55. The molecule has 4 nitrogen and oxygen atoms in total. The van der Waals surface area contributed by atoms with Crippen molar-refractivity contribution < 1.29 is 4.74 Å². The van der Waals surface area contributed by atoms with Crippen LogP contribution in [0.15, 0.2) is 61.1 Å². The molecule has 0 saturated heterocycles. The summed E-state index contributed by atoms with van der Waals surface area (Å²) >= 11 is 0. The fraction of sp³-hybridized carbons (Fsp3) is 0.158. The number of aromatic nitrogens is 2. The number of ether oxygens (including phenoxy) is 1. The van der Waals surface area contributed by atoms with Crippen molar-refractivity contribution in [1.82, 2.24) is 9.97 Å². The van der Waals surface area contributed by atoms with Gasteiger partial charge in [-0.1, -0.05) is 18.2 Å². The van der Waals surface area contributed by atoms with Crippen molar-refractivity contribution in [3.8, 4) is 11.6 Å². The van der Waals surface area contributed by atoms with Crippen LogP contribution in [0, 0.1) is 13.8 Å². The van der Waals surface area contributed by atoms with Gasteiger partial charge >= 0.3 is 0 Å². The number of hydrogen-bond donors (Lipinski definition) is 1. The molecule has 0 spiro atoms. The van der Waals surface area contributed by atoms with Crippen LogP contribution in [0.25, 0.3) is 0 Å². The van der Waals surface area contributed by atoms with Crippen molar-refractivity contribution in [2.45, 2.75) is 20.4 Å². The number of aryl methyl sites for hydroxylation is 1. The zero-order chi connectivity index (χ0) is 16.1. The molecule has 0 saturated carbocycles. The summed E-state index contributed by atoms with van der Waals surface area (Å²) in [6.45, 7) is 4.84. The topological polar surface area (TPSA) is 47.0 Å². The molecule has 23 heavy (non-hydrogen) atoms. The highest BCUT2D eigenvalue weighted by molar-refractivity contribution is 5.44. The van der Waals surface area contributed by atoms with E-state index in [-0.39, 0.29) is 0 Å². The molecule has 3 rings (SSSR count). The van der Waals surface area contributed by atoms with E-state index in [9.17, 15) is 0 Å². The molecule has 0 atom stereocenters. The number of nitrogens with one attached hydrogen (secondary N) is 1. The van der Waals surface area contributed by atoms with Gasteiger partial charge in [0.25, 0.3) is 0 Å². The minimum absolute atomic E-state index is 0.589. The van der Waals surface area contributed by atoms with E-state index >= 15 is 0 Å². The van der Waals surface area contributed by atoms with Crippen LogP contribution in [0.5, 0.6) is 11.6 Å². The van der Waals surface area contributed by atoms with Crippen molar-refractivity contribution >= 4 is 5.69 Å². The van der Waals surface area contributed by atoms with Crippen LogP contribution in [0.2, 0.25) is 0 Å². The lowest BCUT2D eigenvalue weighted by atomic mass is 10.1. The highest BCUT2D eigenvalue weighted by Gasteiger charge is 2.04. The van der Waals surface area contributed by atoms with Gasteiger partial charge in [0, 0.05) is 25.0 Å². The number of benzene rings is 1. The molecule has 0 amide bonds. The summed E-state index contributed by atoms with van der Waals surface area (Å²) in [6.07, 6.45) is 5.39. The van der Waals surface area contributed by atoms with E-state index in [0.29, 0.717) is 12.4 Å². The number of pyridine rings is 2. The molecule has 4 heteroatoms. The average molecular weight is 305 g/mol. The first kappa shape index (κ1) is 15.0. The van der Waals surface area contributed by atoms with Gasteiger partial charge < -0.3 is 10.1 Å². The van der Waals surface area contributed by atoms with Crippen LogP contribution in [0.3, 0.4) is 0 Å². The number of nitrogens with zero attached hydrogens (tertiary/aromatic N) is 2. The highest BCUT2D eigenvalue weighted by Crippen LogP contribution is 2.26. The van der Waals surface area contributed by atoms with Crippen molar-refractivity contribution in [2.24, 2.45) is 0 Å². The molecule has 2 heterocycles. The number of hydrogen-bond acceptors (Lipinski definition) is 4. The predicted molar refractivity (Wildman–Crippen MR) is 91.8 cm³/mol. The predicted octanol–water partition coefficient (Wildman–Crippen LogP) is 4.50. The van der Waals surface area contributed by atoms with Crippen molar-refractivity contribution in [2.75, 3.05) is 5.32 Å².